The van der Waals surface area contributed by atoms with E-state index in [-0.39, 0.29) is 0 Å². The van der Waals surface area contributed by atoms with Gasteiger partial charge >= 0.3 is 5.97 Å². The highest BCUT2D eigenvalue weighted by Crippen LogP contribution is 2.45. The monoisotopic (exact) mass is 227 g/mol. The maximum Gasteiger partial charge on any atom is 0.315 e. The van der Waals surface area contributed by atoms with Gasteiger partial charge in [0.05, 0.1) is 12.3 Å². The molecule has 1 heterocycles. The van der Waals surface area contributed by atoms with Crippen LogP contribution in [0.15, 0.2) is 6.07 Å². The van der Waals surface area contributed by atoms with Gasteiger partial charge in [-0.25, -0.2) is 0 Å². The molecule has 0 unspecified atom stereocenters. The van der Waals surface area contributed by atoms with E-state index in [9.17, 15) is 9.90 Å². The number of aromatic nitrogens is 1. The Hall–Kier alpha value is -0.940. The fraction of sp³-hybridized carbons (Fsp3) is 0.600. The molecule has 1 aliphatic carbocycles. The molecule has 0 bridgehead atoms. The van der Waals surface area contributed by atoms with Crippen LogP contribution >= 0.6 is 11.5 Å². The Morgan fingerprint density at radius 2 is 2.47 bits per heavy atom. The standard InChI is InChI=1S/C10H13NO3S/c1-14-6-7-5-8(15-11-7)10(9(12)13)3-2-4-10/h5H,2-4,6H2,1H3,(H,12,13). The summed E-state index contributed by atoms with van der Waals surface area (Å²) >= 11 is 1.29. The lowest BCUT2D eigenvalue weighted by atomic mass is 9.68. The Bertz CT molecular complexity index is 370. The summed E-state index contributed by atoms with van der Waals surface area (Å²) in [5, 5.41) is 9.22. The molecule has 0 radical (unpaired) electrons. The van der Waals surface area contributed by atoms with E-state index in [2.05, 4.69) is 4.37 Å². The molecule has 2 rings (SSSR count). The van der Waals surface area contributed by atoms with Gasteiger partial charge in [-0.3, -0.25) is 4.79 Å². The van der Waals surface area contributed by atoms with Gasteiger partial charge in [0, 0.05) is 12.0 Å². The van der Waals surface area contributed by atoms with E-state index >= 15 is 0 Å². The number of carbonyl (C=O) groups is 1. The molecule has 1 saturated carbocycles. The Morgan fingerprint density at radius 3 is 2.93 bits per heavy atom. The van der Waals surface area contributed by atoms with Crippen LogP contribution in [0.4, 0.5) is 0 Å². The molecule has 15 heavy (non-hydrogen) atoms. The van der Waals surface area contributed by atoms with Crippen LogP contribution in [0, 0.1) is 0 Å². The highest BCUT2D eigenvalue weighted by molar-refractivity contribution is 7.06. The SMILES string of the molecule is COCc1cc(C2(C(=O)O)CCC2)sn1. The third-order valence-corrected chi connectivity index (χ3v) is 3.97. The molecule has 1 N–H and O–H groups in total. The number of aliphatic carboxylic acids is 1. The van der Waals surface area contributed by atoms with Crippen LogP contribution in [-0.4, -0.2) is 22.6 Å². The fourth-order valence-electron chi connectivity index (χ4n) is 1.85. The number of methoxy groups -OCH3 is 1. The smallest absolute Gasteiger partial charge is 0.315 e. The first-order valence-electron chi connectivity index (χ1n) is 4.87. The lowest BCUT2D eigenvalue weighted by Crippen LogP contribution is -2.41. The highest BCUT2D eigenvalue weighted by Gasteiger charge is 2.47. The molecule has 0 aromatic carbocycles. The number of rotatable bonds is 4. The molecule has 1 aliphatic rings. The van der Waals surface area contributed by atoms with E-state index in [0.29, 0.717) is 6.61 Å². The molecule has 0 aliphatic heterocycles. The third kappa shape index (κ3) is 1.66. The average molecular weight is 227 g/mol. The van der Waals surface area contributed by atoms with Gasteiger partial charge in [-0.2, -0.15) is 4.37 Å². The second-order valence-electron chi connectivity index (χ2n) is 3.86. The zero-order chi connectivity index (χ0) is 10.9. The van der Waals surface area contributed by atoms with Gasteiger partial charge in [-0.05, 0) is 30.4 Å². The summed E-state index contributed by atoms with van der Waals surface area (Å²) in [6, 6.07) is 1.86. The second-order valence-corrected chi connectivity index (χ2v) is 4.66. The molecule has 0 atom stereocenters. The number of hydrogen-bond acceptors (Lipinski definition) is 4. The van der Waals surface area contributed by atoms with Crippen LogP contribution in [0.2, 0.25) is 0 Å². The fourth-order valence-corrected chi connectivity index (χ4v) is 2.83. The molecule has 82 valence electrons. The minimum atomic E-state index is -0.721. The molecular formula is C10H13NO3S. The summed E-state index contributed by atoms with van der Waals surface area (Å²) in [5.41, 5.74) is 0.175. The first kappa shape index (κ1) is 10.6. The average Bonchev–Trinajstić information content (AvgIpc) is 2.51. The van der Waals surface area contributed by atoms with E-state index in [0.717, 1.165) is 29.8 Å². The molecule has 1 aromatic heterocycles. The van der Waals surface area contributed by atoms with Gasteiger partial charge in [0.1, 0.15) is 5.41 Å². The van der Waals surface area contributed by atoms with Crippen molar-refractivity contribution >= 4 is 17.5 Å². The minimum absolute atomic E-state index is 0.451. The van der Waals surface area contributed by atoms with Gasteiger partial charge in [-0.15, -0.1) is 0 Å². The van der Waals surface area contributed by atoms with E-state index < -0.39 is 11.4 Å². The van der Waals surface area contributed by atoms with Gasteiger partial charge in [0.25, 0.3) is 0 Å². The van der Waals surface area contributed by atoms with Crippen molar-refractivity contribution in [3.8, 4) is 0 Å². The van der Waals surface area contributed by atoms with E-state index in [4.69, 9.17) is 4.74 Å². The van der Waals surface area contributed by atoms with Crippen LogP contribution in [0.5, 0.6) is 0 Å². The number of hydrogen-bond donors (Lipinski definition) is 1. The predicted molar refractivity (Wildman–Crippen MR) is 56.0 cm³/mol. The second kappa shape index (κ2) is 3.90. The van der Waals surface area contributed by atoms with Crippen molar-refractivity contribution in [1.82, 2.24) is 4.37 Å². The van der Waals surface area contributed by atoms with Crippen molar-refractivity contribution in [2.24, 2.45) is 0 Å². The van der Waals surface area contributed by atoms with Crippen molar-refractivity contribution in [1.29, 1.82) is 0 Å². The van der Waals surface area contributed by atoms with Crippen molar-refractivity contribution in [2.75, 3.05) is 7.11 Å². The number of carboxylic acid groups (broad SMARTS) is 1. The lowest BCUT2D eigenvalue weighted by molar-refractivity contribution is -0.147. The zero-order valence-corrected chi connectivity index (χ0v) is 9.34. The van der Waals surface area contributed by atoms with Crippen molar-refractivity contribution in [2.45, 2.75) is 31.3 Å². The third-order valence-electron chi connectivity index (χ3n) is 2.94. The summed E-state index contributed by atoms with van der Waals surface area (Å²) in [5.74, 6) is -0.721. The molecule has 5 heteroatoms. The van der Waals surface area contributed by atoms with Crippen molar-refractivity contribution in [3.63, 3.8) is 0 Å². The maximum atomic E-state index is 11.2. The maximum absolute atomic E-state index is 11.2. The Balaban J connectivity index is 2.23. The normalized spacial score (nSPS) is 18.5. The molecule has 0 amide bonds. The van der Waals surface area contributed by atoms with Gasteiger partial charge in [0.2, 0.25) is 0 Å². The Kier molecular flexibility index (Phi) is 2.75. The molecule has 1 aromatic rings. The van der Waals surface area contributed by atoms with E-state index in [1.54, 1.807) is 7.11 Å². The van der Waals surface area contributed by atoms with Gasteiger partial charge in [0.15, 0.2) is 0 Å². The van der Waals surface area contributed by atoms with Crippen LogP contribution in [0.3, 0.4) is 0 Å². The van der Waals surface area contributed by atoms with Crippen LogP contribution in [0.1, 0.15) is 29.8 Å². The first-order valence-corrected chi connectivity index (χ1v) is 5.65. The van der Waals surface area contributed by atoms with E-state index in [1.165, 1.54) is 11.5 Å². The molecule has 0 saturated heterocycles. The summed E-state index contributed by atoms with van der Waals surface area (Å²) in [4.78, 5) is 12.1. The molecule has 4 nitrogen and oxygen atoms in total. The Labute approximate surface area is 92.1 Å². The van der Waals surface area contributed by atoms with Gasteiger partial charge < -0.3 is 9.84 Å². The number of nitrogens with zero attached hydrogens (tertiary/aromatic N) is 1. The lowest BCUT2D eigenvalue weighted by Gasteiger charge is -2.36. The van der Waals surface area contributed by atoms with Crippen LogP contribution in [0.25, 0.3) is 0 Å². The number of ether oxygens (including phenoxy) is 1. The number of carboxylic acids is 1. The Morgan fingerprint density at radius 1 is 1.73 bits per heavy atom. The minimum Gasteiger partial charge on any atom is -0.481 e. The zero-order valence-electron chi connectivity index (χ0n) is 8.52. The summed E-state index contributed by atoms with van der Waals surface area (Å²) in [6.07, 6.45) is 2.46. The van der Waals surface area contributed by atoms with Crippen molar-refractivity contribution < 1.29 is 14.6 Å². The quantitative estimate of drug-likeness (QED) is 0.852. The largest absolute Gasteiger partial charge is 0.481 e. The van der Waals surface area contributed by atoms with Gasteiger partial charge in [-0.1, -0.05) is 6.42 Å². The molecule has 1 fully saturated rings. The topological polar surface area (TPSA) is 59.4 Å². The van der Waals surface area contributed by atoms with E-state index in [1.807, 2.05) is 6.07 Å². The predicted octanol–water partition coefficient (Wildman–Crippen LogP) is 1.80. The summed E-state index contributed by atoms with van der Waals surface area (Å²) in [6.45, 7) is 0.451. The molecule has 0 spiro atoms. The summed E-state index contributed by atoms with van der Waals surface area (Å²) < 4.78 is 9.15. The van der Waals surface area contributed by atoms with Crippen LogP contribution < -0.4 is 0 Å². The highest BCUT2D eigenvalue weighted by atomic mass is 32.1. The van der Waals surface area contributed by atoms with Crippen LogP contribution in [-0.2, 0) is 21.6 Å². The molecular weight excluding hydrogens is 214 g/mol. The summed E-state index contributed by atoms with van der Waals surface area (Å²) in [7, 11) is 1.61. The van der Waals surface area contributed by atoms with Crippen molar-refractivity contribution in [3.05, 3.63) is 16.6 Å². The first-order chi connectivity index (χ1) is 7.19.